The molecule has 158 valence electrons. The number of aryl methyl sites for hydroxylation is 2. The summed E-state index contributed by atoms with van der Waals surface area (Å²) in [7, 11) is 0. The Morgan fingerprint density at radius 3 is 2.70 bits per heavy atom. The molecule has 1 unspecified atom stereocenters. The molecule has 9 nitrogen and oxygen atoms in total. The molecule has 3 aromatic heterocycles. The molecule has 0 saturated carbocycles. The maximum atomic E-state index is 12.4. The third kappa shape index (κ3) is 3.83. The predicted octanol–water partition coefficient (Wildman–Crippen LogP) is 2.67. The number of hydrogen-bond acceptors (Lipinski definition) is 7. The van der Waals surface area contributed by atoms with Crippen LogP contribution in [-0.2, 0) is 11.3 Å². The van der Waals surface area contributed by atoms with E-state index in [1.54, 1.807) is 18.7 Å². The van der Waals surface area contributed by atoms with E-state index in [0.29, 0.717) is 12.4 Å². The number of anilines is 1. The zero-order chi connectivity index (χ0) is 21.3. The number of nitrogens with zero attached hydrogens (tertiary/aromatic N) is 7. The van der Waals surface area contributed by atoms with E-state index in [1.165, 1.54) is 0 Å². The van der Waals surface area contributed by atoms with E-state index in [1.807, 2.05) is 30.2 Å². The molecule has 0 spiro atoms. The highest BCUT2D eigenvalue weighted by molar-refractivity contribution is 5.86. The van der Waals surface area contributed by atoms with E-state index < -0.39 is 0 Å². The van der Waals surface area contributed by atoms with Crippen molar-refractivity contribution < 1.29 is 4.79 Å². The summed E-state index contributed by atoms with van der Waals surface area (Å²) < 4.78 is 2.05. The number of likely N-dealkylation sites (tertiary alicyclic amines) is 1. The van der Waals surface area contributed by atoms with E-state index in [-0.39, 0.29) is 17.9 Å². The normalized spacial score (nSPS) is 17.0. The second-order valence-electron chi connectivity index (χ2n) is 8.02. The average molecular weight is 409 g/mol. The number of amides is 1. The maximum absolute atomic E-state index is 12.4. The van der Waals surface area contributed by atoms with Crippen LogP contribution in [0.3, 0.4) is 0 Å². The highest BCUT2D eigenvalue weighted by Crippen LogP contribution is 2.27. The molecule has 9 heteroatoms. The number of nitrogens with one attached hydrogen (secondary N) is 1. The van der Waals surface area contributed by atoms with Gasteiger partial charge in [-0.15, -0.1) is 0 Å². The van der Waals surface area contributed by atoms with Crippen LogP contribution >= 0.6 is 0 Å². The Labute approximate surface area is 176 Å². The summed E-state index contributed by atoms with van der Waals surface area (Å²) >= 11 is 0. The molecule has 1 atom stereocenters. The van der Waals surface area contributed by atoms with E-state index >= 15 is 0 Å². The molecule has 0 bridgehead atoms. The van der Waals surface area contributed by atoms with Crippen LogP contribution in [0, 0.1) is 12.8 Å². The first-order valence-corrected chi connectivity index (χ1v) is 10.5. The summed E-state index contributed by atoms with van der Waals surface area (Å²) in [5.74, 6) is 2.40. The molecular formula is C21H28N8O. The Morgan fingerprint density at radius 1 is 1.23 bits per heavy atom. The van der Waals surface area contributed by atoms with Crippen molar-refractivity contribution in [2.45, 2.75) is 53.1 Å². The Balaban J connectivity index is 1.65. The number of imidazole rings is 1. The van der Waals surface area contributed by atoms with E-state index in [4.69, 9.17) is 4.98 Å². The van der Waals surface area contributed by atoms with Crippen molar-refractivity contribution in [3.8, 4) is 11.4 Å². The number of aromatic nitrogens is 6. The van der Waals surface area contributed by atoms with E-state index in [0.717, 1.165) is 54.3 Å². The highest BCUT2D eigenvalue weighted by atomic mass is 16.2. The van der Waals surface area contributed by atoms with Crippen LogP contribution in [0.25, 0.3) is 22.6 Å². The van der Waals surface area contributed by atoms with Gasteiger partial charge in [0.1, 0.15) is 18.0 Å². The monoisotopic (exact) mass is 408 g/mol. The van der Waals surface area contributed by atoms with Crippen molar-refractivity contribution in [2.24, 2.45) is 5.92 Å². The number of rotatable bonds is 5. The fourth-order valence-corrected chi connectivity index (χ4v) is 3.92. The van der Waals surface area contributed by atoms with Gasteiger partial charge in [-0.1, -0.05) is 13.8 Å². The maximum Gasteiger partial charge on any atom is 0.225 e. The largest absolute Gasteiger partial charge is 0.364 e. The van der Waals surface area contributed by atoms with Crippen LogP contribution < -0.4 is 5.32 Å². The van der Waals surface area contributed by atoms with Gasteiger partial charge in [0.2, 0.25) is 5.91 Å². The van der Waals surface area contributed by atoms with Gasteiger partial charge >= 0.3 is 0 Å². The Hall–Kier alpha value is -3.10. The first kappa shape index (κ1) is 20.2. The number of piperidine rings is 1. The molecule has 30 heavy (non-hydrogen) atoms. The third-order valence-corrected chi connectivity index (χ3v) is 5.46. The third-order valence-electron chi connectivity index (χ3n) is 5.46. The fourth-order valence-electron chi connectivity index (χ4n) is 3.92. The molecule has 4 rings (SSSR count). The smallest absolute Gasteiger partial charge is 0.225 e. The molecule has 0 aromatic carbocycles. The van der Waals surface area contributed by atoms with Gasteiger partial charge < -0.3 is 14.8 Å². The fraction of sp³-hybridized carbons (Fsp3) is 0.524. The second-order valence-corrected chi connectivity index (χ2v) is 8.02. The van der Waals surface area contributed by atoms with Gasteiger partial charge in [0.05, 0.1) is 5.56 Å². The molecule has 1 N–H and O–H groups in total. The van der Waals surface area contributed by atoms with Crippen molar-refractivity contribution in [3.63, 3.8) is 0 Å². The van der Waals surface area contributed by atoms with Crippen LogP contribution in [0.1, 0.15) is 39.4 Å². The predicted molar refractivity (Wildman–Crippen MR) is 115 cm³/mol. The standard InChI is InChI=1S/C21H28N8O/c1-5-29-19(15-9-22-14(4)23-10-15)27-17-18(24-12-25-20(17)29)26-16-7-6-8-28(11-16)21(30)13(2)3/h9-10,12-13,16H,5-8,11H2,1-4H3,(H,24,25,26). The summed E-state index contributed by atoms with van der Waals surface area (Å²) in [6.45, 7) is 10.0. The van der Waals surface area contributed by atoms with Crippen molar-refractivity contribution in [1.82, 2.24) is 34.4 Å². The molecule has 0 aliphatic carbocycles. The van der Waals surface area contributed by atoms with Gasteiger partial charge in [-0.2, -0.15) is 0 Å². The lowest BCUT2D eigenvalue weighted by molar-refractivity contribution is -0.135. The SMILES string of the molecule is CCn1c(-c2cnc(C)nc2)nc2c(NC3CCCN(C(=O)C(C)C)C3)ncnc21. The minimum Gasteiger partial charge on any atom is -0.364 e. The second kappa shape index (κ2) is 8.33. The molecule has 1 aliphatic heterocycles. The van der Waals surface area contributed by atoms with Gasteiger partial charge in [0.25, 0.3) is 0 Å². The summed E-state index contributed by atoms with van der Waals surface area (Å²) in [5.41, 5.74) is 2.34. The van der Waals surface area contributed by atoms with Gasteiger partial charge in [-0.05, 0) is 26.7 Å². The molecule has 1 amide bonds. The van der Waals surface area contributed by atoms with Crippen molar-refractivity contribution in [1.29, 1.82) is 0 Å². The highest BCUT2D eigenvalue weighted by Gasteiger charge is 2.26. The minimum absolute atomic E-state index is 0.00838. The van der Waals surface area contributed by atoms with Crippen molar-refractivity contribution in [3.05, 3.63) is 24.5 Å². The lowest BCUT2D eigenvalue weighted by Gasteiger charge is -2.34. The molecule has 4 heterocycles. The van der Waals surface area contributed by atoms with Crippen LogP contribution in [0.2, 0.25) is 0 Å². The van der Waals surface area contributed by atoms with Crippen molar-refractivity contribution in [2.75, 3.05) is 18.4 Å². The van der Waals surface area contributed by atoms with Crippen molar-refractivity contribution >= 4 is 22.9 Å². The molecule has 3 aromatic rings. The number of carbonyl (C=O) groups is 1. The first-order valence-electron chi connectivity index (χ1n) is 10.5. The molecule has 0 radical (unpaired) electrons. The van der Waals surface area contributed by atoms with Crippen LogP contribution in [0.4, 0.5) is 5.82 Å². The summed E-state index contributed by atoms with van der Waals surface area (Å²) in [6, 6.07) is 0.137. The summed E-state index contributed by atoms with van der Waals surface area (Å²) in [4.78, 5) is 36.8. The lowest BCUT2D eigenvalue weighted by atomic mass is 10.0. The topological polar surface area (TPSA) is 102 Å². The van der Waals surface area contributed by atoms with Gasteiger partial charge in [-0.25, -0.2) is 24.9 Å². The first-order chi connectivity index (χ1) is 14.5. The zero-order valence-electron chi connectivity index (χ0n) is 18.0. The minimum atomic E-state index is 0.00838. The number of hydrogen-bond donors (Lipinski definition) is 1. The molecule has 1 fully saturated rings. The Bertz CT molecular complexity index is 1040. The van der Waals surface area contributed by atoms with Gasteiger partial charge in [0.15, 0.2) is 17.0 Å². The van der Waals surface area contributed by atoms with Crippen LogP contribution in [0.15, 0.2) is 18.7 Å². The van der Waals surface area contributed by atoms with Gasteiger partial charge in [-0.3, -0.25) is 4.79 Å². The number of carbonyl (C=O) groups excluding carboxylic acids is 1. The Kier molecular flexibility index (Phi) is 5.61. The summed E-state index contributed by atoms with van der Waals surface area (Å²) in [6.07, 6.45) is 7.09. The van der Waals surface area contributed by atoms with E-state index in [9.17, 15) is 4.79 Å². The average Bonchev–Trinajstić information content (AvgIpc) is 3.13. The van der Waals surface area contributed by atoms with Crippen LogP contribution in [-0.4, -0.2) is 59.4 Å². The van der Waals surface area contributed by atoms with Gasteiger partial charge in [0, 0.05) is 44.0 Å². The van der Waals surface area contributed by atoms with Crippen LogP contribution in [0.5, 0.6) is 0 Å². The molecule has 1 aliphatic rings. The van der Waals surface area contributed by atoms with E-state index in [2.05, 4.69) is 32.2 Å². The number of fused-ring (bicyclic) bond motifs is 1. The summed E-state index contributed by atoms with van der Waals surface area (Å²) in [5, 5.41) is 3.52. The molecule has 1 saturated heterocycles. The quantitative estimate of drug-likeness (QED) is 0.692. The molecular weight excluding hydrogens is 380 g/mol. The zero-order valence-corrected chi connectivity index (χ0v) is 18.0. The Morgan fingerprint density at radius 2 is 2.00 bits per heavy atom. The lowest BCUT2D eigenvalue weighted by Crippen LogP contribution is -2.46.